The second kappa shape index (κ2) is 12.3. The van der Waals surface area contributed by atoms with Gasteiger partial charge in [-0.3, -0.25) is 4.68 Å². The Labute approximate surface area is 267 Å². The topological polar surface area (TPSA) is 124 Å². The molecule has 6 rings (SSSR count). The van der Waals surface area contributed by atoms with E-state index in [2.05, 4.69) is 22.2 Å². The van der Waals surface area contributed by atoms with Crippen LogP contribution < -0.4 is 24.4 Å². The van der Waals surface area contributed by atoms with E-state index in [1.807, 2.05) is 42.2 Å². The Morgan fingerprint density at radius 2 is 1.85 bits per heavy atom. The molecule has 2 N–H and O–H groups in total. The summed E-state index contributed by atoms with van der Waals surface area (Å²) in [5, 5.41) is 24.0. The molecule has 5 aromatic rings. The van der Waals surface area contributed by atoms with Crippen LogP contribution in [0.2, 0.25) is 0 Å². The summed E-state index contributed by atoms with van der Waals surface area (Å²) in [4.78, 5) is 12.1. The van der Waals surface area contributed by atoms with Gasteiger partial charge in [-0.2, -0.15) is 9.61 Å². The summed E-state index contributed by atoms with van der Waals surface area (Å²) in [5.41, 5.74) is 1.99. The smallest absolute Gasteiger partial charge is 0.226 e. The molecular formula is C33H41FN8O4. The first-order valence-electron chi connectivity index (χ1n) is 15.4. The molecule has 4 heterocycles. The van der Waals surface area contributed by atoms with Crippen LogP contribution in [0.4, 0.5) is 16.0 Å². The Morgan fingerprint density at radius 3 is 2.57 bits per heavy atom. The van der Waals surface area contributed by atoms with Gasteiger partial charge in [0.05, 0.1) is 50.4 Å². The van der Waals surface area contributed by atoms with Crippen molar-refractivity contribution in [2.45, 2.75) is 70.7 Å². The summed E-state index contributed by atoms with van der Waals surface area (Å²) in [6, 6.07) is 8.69. The van der Waals surface area contributed by atoms with E-state index < -0.39 is 11.4 Å². The number of fused-ring (bicyclic) bond motifs is 3. The number of rotatable bonds is 10. The molecule has 1 aliphatic rings. The molecular weight excluding hydrogens is 591 g/mol. The molecule has 46 heavy (non-hydrogen) atoms. The fourth-order valence-electron chi connectivity index (χ4n) is 5.93. The van der Waals surface area contributed by atoms with E-state index in [-0.39, 0.29) is 23.8 Å². The summed E-state index contributed by atoms with van der Waals surface area (Å²) >= 11 is 0. The number of hydrogen-bond donors (Lipinski definition) is 2. The summed E-state index contributed by atoms with van der Waals surface area (Å²) in [6.45, 7) is 8.78. The van der Waals surface area contributed by atoms with Crippen molar-refractivity contribution in [1.82, 2.24) is 29.4 Å². The Morgan fingerprint density at radius 1 is 1.07 bits per heavy atom. The van der Waals surface area contributed by atoms with Crippen molar-refractivity contribution < 1.29 is 23.7 Å². The number of nitrogens with zero attached hydrogens (tertiary/aromatic N) is 7. The van der Waals surface area contributed by atoms with E-state index >= 15 is 0 Å². The molecule has 0 bridgehead atoms. The van der Waals surface area contributed by atoms with E-state index in [9.17, 15) is 9.50 Å². The molecule has 0 saturated carbocycles. The SMILES string of the molecule is COc1ccc(CNc2nc3cc(OC)c(F)cc3c3nc(C4CCC(C)N(c5cnn(C(C)C(C)(C)O)c5)C4)nn23)c(OC)c1. The molecule has 1 fully saturated rings. The third kappa shape index (κ3) is 5.86. The third-order valence-corrected chi connectivity index (χ3v) is 9.08. The van der Waals surface area contributed by atoms with Gasteiger partial charge < -0.3 is 29.5 Å². The summed E-state index contributed by atoms with van der Waals surface area (Å²) in [7, 11) is 4.65. The van der Waals surface area contributed by atoms with E-state index in [1.54, 1.807) is 38.6 Å². The third-order valence-electron chi connectivity index (χ3n) is 9.08. The first kappa shape index (κ1) is 31.3. The van der Waals surface area contributed by atoms with Crippen LogP contribution in [0.3, 0.4) is 0 Å². The van der Waals surface area contributed by atoms with Crippen LogP contribution in [-0.4, -0.2) is 74.0 Å². The molecule has 244 valence electrons. The van der Waals surface area contributed by atoms with Gasteiger partial charge in [0, 0.05) is 54.3 Å². The van der Waals surface area contributed by atoms with Crippen LogP contribution in [0.25, 0.3) is 16.6 Å². The molecule has 12 nitrogen and oxygen atoms in total. The lowest BCUT2D eigenvalue weighted by atomic mass is 9.92. The van der Waals surface area contributed by atoms with Gasteiger partial charge in [-0.25, -0.2) is 14.4 Å². The van der Waals surface area contributed by atoms with Crippen LogP contribution in [0.15, 0.2) is 42.7 Å². The van der Waals surface area contributed by atoms with Crippen LogP contribution in [0.5, 0.6) is 17.2 Å². The van der Waals surface area contributed by atoms with E-state index in [0.29, 0.717) is 52.9 Å². The predicted octanol–water partition coefficient (Wildman–Crippen LogP) is 5.36. The maximum absolute atomic E-state index is 15.0. The number of halogens is 1. The number of methoxy groups -OCH3 is 3. The van der Waals surface area contributed by atoms with Gasteiger partial charge in [0.2, 0.25) is 5.95 Å². The van der Waals surface area contributed by atoms with Crippen molar-refractivity contribution in [1.29, 1.82) is 0 Å². The molecule has 3 atom stereocenters. The van der Waals surface area contributed by atoms with Gasteiger partial charge in [0.25, 0.3) is 0 Å². The largest absolute Gasteiger partial charge is 0.497 e. The highest BCUT2D eigenvalue weighted by molar-refractivity contribution is 5.93. The zero-order chi connectivity index (χ0) is 32.7. The average molecular weight is 633 g/mol. The first-order chi connectivity index (χ1) is 22.0. The number of ether oxygens (including phenoxy) is 3. The van der Waals surface area contributed by atoms with Gasteiger partial charge in [0.15, 0.2) is 23.0 Å². The first-order valence-corrected chi connectivity index (χ1v) is 15.4. The lowest BCUT2D eigenvalue weighted by molar-refractivity contribution is 0.0258. The molecule has 13 heteroatoms. The number of piperidine rings is 1. The van der Waals surface area contributed by atoms with Crippen molar-refractivity contribution in [3.63, 3.8) is 0 Å². The fourth-order valence-corrected chi connectivity index (χ4v) is 5.93. The maximum atomic E-state index is 15.0. The van der Waals surface area contributed by atoms with Gasteiger partial charge in [-0.1, -0.05) is 0 Å². The normalized spacial score (nSPS) is 17.8. The number of nitrogens with one attached hydrogen (secondary N) is 1. The van der Waals surface area contributed by atoms with E-state index in [0.717, 1.165) is 24.1 Å². The lowest BCUT2D eigenvalue weighted by Gasteiger charge is -2.38. The summed E-state index contributed by atoms with van der Waals surface area (Å²) in [6.07, 6.45) is 5.66. The number of aliphatic hydroxyl groups is 1. The maximum Gasteiger partial charge on any atom is 0.226 e. The Kier molecular flexibility index (Phi) is 8.36. The molecule has 3 unspecified atom stereocenters. The Hall–Kier alpha value is -4.65. The summed E-state index contributed by atoms with van der Waals surface area (Å²) < 4.78 is 34.6. The monoisotopic (exact) mass is 632 g/mol. The Bertz CT molecular complexity index is 1870. The zero-order valence-electron chi connectivity index (χ0n) is 27.3. The molecule has 0 amide bonds. The highest BCUT2D eigenvalue weighted by Gasteiger charge is 2.32. The fraction of sp³-hybridized carbons (Fsp3) is 0.455. The van der Waals surface area contributed by atoms with Crippen molar-refractivity contribution in [3.8, 4) is 17.2 Å². The summed E-state index contributed by atoms with van der Waals surface area (Å²) in [5.74, 6) is 2.09. The van der Waals surface area contributed by atoms with Gasteiger partial charge in [-0.15, -0.1) is 5.10 Å². The van der Waals surface area contributed by atoms with E-state index in [4.69, 9.17) is 29.3 Å². The van der Waals surface area contributed by atoms with Crippen molar-refractivity contribution in [2.75, 3.05) is 38.1 Å². The standard InChI is InChI=1S/C33H41FN8O4/c1-19-8-9-22(17-40(19)23-16-36-41(18-23)20(2)33(3,4)43)30-38-31-25-13-26(34)29(46-7)14-27(25)37-32(42(31)39-30)35-15-21-10-11-24(44-5)12-28(21)45-6/h10-14,16,18-20,22,43H,8-9,15,17H2,1-7H3,(H,35,37). The predicted molar refractivity (Wildman–Crippen MR) is 174 cm³/mol. The zero-order valence-corrected chi connectivity index (χ0v) is 27.3. The average Bonchev–Trinajstić information content (AvgIpc) is 3.72. The molecule has 3 aromatic heterocycles. The second-order valence-electron chi connectivity index (χ2n) is 12.5. The minimum atomic E-state index is -0.912. The van der Waals surface area contributed by atoms with Crippen LogP contribution in [0, 0.1) is 5.82 Å². The minimum absolute atomic E-state index is 0.0128. The Balaban J connectivity index is 1.36. The number of aromatic nitrogens is 6. The van der Waals surface area contributed by atoms with E-state index in [1.165, 1.54) is 13.2 Å². The second-order valence-corrected chi connectivity index (χ2v) is 12.5. The minimum Gasteiger partial charge on any atom is -0.497 e. The molecule has 2 aromatic carbocycles. The molecule has 0 aliphatic carbocycles. The highest BCUT2D eigenvalue weighted by atomic mass is 19.1. The molecule has 1 aliphatic heterocycles. The van der Waals surface area contributed by atoms with Gasteiger partial charge in [-0.05, 0) is 58.7 Å². The van der Waals surface area contributed by atoms with Gasteiger partial charge >= 0.3 is 0 Å². The molecule has 0 radical (unpaired) electrons. The molecule has 1 saturated heterocycles. The van der Waals surface area contributed by atoms with Crippen LogP contribution >= 0.6 is 0 Å². The van der Waals surface area contributed by atoms with Crippen LogP contribution in [-0.2, 0) is 6.54 Å². The number of benzene rings is 2. The van der Waals surface area contributed by atoms with Crippen molar-refractivity contribution >= 4 is 28.2 Å². The number of hydrogen-bond acceptors (Lipinski definition) is 10. The number of anilines is 2. The van der Waals surface area contributed by atoms with Crippen LogP contribution in [0.1, 0.15) is 63.9 Å². The highest BCUT2D eigenvalue weighted by Crippen LogP contribution is 2.35. The molecule has 0 spiro atoms. The van der Waals surface area contributed by atoms with Crippen molar-refractivity contribution in [3.05, 3.63) is 59.9 Å². The van der Waals surface area contributed by atoms with Gasteiger partial charge in [0.1, 0.15) is 11.5 Å². The lowest BCUT2D eigenvalue weighted by Crippen LogP contribution is -2.41. The quantitative estimate of drug-likeness (QED) is 0.208. The van der Waals surface area contributed by atoms with Crippen molar-refractivity contribution in [2.24, 2.45) is 0 Å².